The summed E-state index contributed by atoms with van der Waals surface area (Å²) in [5, 5.41) is 0. The van der Waals surface area contributed by atoms with Crippen LogP contribution < -0.4 is 0 Å². The number of benzene rings is 1. The van der Waals surface area contributed by atoms with E-state index in [1.54, 1.807) is 13.8 Å². The van der Waals surface area contributed by atoms with Gasteiger partial charge in [0.15, 0.2) is 0 Å². The summed E-state index contributed by atoms with van der Waals surface area (Å²) in [5.74, 6) is -0.895. The first kappa shape index (κ1) is 11.1. The summed E-state index contributed by atoms with van der Waals surface area (Å²) < 4.78 is 25.8. The topological polar surface area (TPSA) is 0 Å². The van der Waals surface area contributed by atoms with E-state index in [0.717, 1.165) is 0 Å². The van der Waals surface area contributed by atoms with Gasteiger partial charge >= 0.3 is 0 Å². The van der Waals surface area contributed by atoms with Gasteiger partial charge < -0.3 is 0 Å². The summed E-state index contributed by atoms with van der Waals surface area (Å²) in [6.07, 6.45) is 0. The molecule has 0 aromatic heterocycles. The zero-order valence-electron chi connectivity index (χ0n) is 6.83. The van der Waals surface area contributed by atoms with Gasteiger partial charge in [-0.05, 0) is 38.0 Å². The fourth-order valence-corrected chi connectivity index (χ4v) is 0.966. The van der Waals surface area contributed by atoms with E-state index in [-0.39, 0.29) is 13.0 Å². The molecule has 0 bridgehead atoms. The molecule has 1 aromatic carbocycles. The summed E-state index contributed by atoms with van der Waals surface area (Å²) in [6.45, 7) is 4.79. The average Bonchev–Trinajstić information content (AvgIpc) is 1.97. The minimum atomic E-state index is -0.467. The lowest BCUT2D eigenvalue weighted by molar-refractivity contribution is 0.560. The standard InChI is InChI=1S/C9H10F2.CH4/c1-5-4-8(10)7(3)9(11)6(5)2;/h4H,1-3H3;1H4. The number of hydrogen-bond acceptors (Lipinski definition) is 0. The zero-order chi connectivity index (χ0) is 8.59. The molecule has 0 aliphatic carbocycles. The molecule has 0 fully saturated rings. The predicted octanol–water partition coefficient (Wildman–Crippen LogP) is 3.53. The minimum Gasteiger partial charge on any atom is -0.207 e. The third kappa shape index (κ3) is 1.63. The van der Waals surface area contributed by atoms with Crippen LogP contribution in [0.15, 0.2) is 6.07 Å². The molecular weight excluding hydrogens is 158 g/mol. The van der Waals surface area contributed by atoms with Gasteiger partial charge in [0.1, 0.15) is 11.6 Å². The quantitative estimate of drug-likeness (QED) is 0.561. The zero-order valence-corrected chi connectivity index (χ0v) is 6.83. The normalized spacial score (nSPS) is 9.42. The van der Waals surface area contributed by atoms with Crippen LogP contribution in [-0.2, 0) is 0 Å². The maximum absolute atomic E-state index is 13.0. The molecule has 0 heterocycles. The molecule has 0 aliphatic rings. The van der Waals surface area contributed by atoms with E-state index >= 15 is 0 Å². The molecule has 0 amide bonds. The summed E-state index contributed by atoms with van der Waals surface area (Å²) in [5.41, 5.74) is 1.29. The fraction of sp³-hybridized carbons (Fsp3) is 0.400. The van der Waals surface area contributed by atoms with E-state index in [1.165, 1.54) is 13.0 Å². The lowest BCUT2D eigenvalue weighted by Gasteiger charge is -2.04. The number of rotatable bonds is 0. The van der Waals surface area contributed by atoms with E-state index in [9.17, 15) is 8.78 Å². The van der Waals surface area contributed by atoms with Crippen LogP contribution in [0.3, 0.4) is 0 Å². The third-order valence-corrected chi connectivity index (χ3v) is 1.95. The number of hydrogen-bond donors (Lipinski definition) is 0. The van der Waals surface area contributed by atoms with Crippen molar-refractivity contribution in [2.24, 2.45) is 0 Å². The van der Waals surface area contributed by atoms with Gasteiger partial charge in [-0.3, -0.25) is 0 Å². The van der Waals surface area contributed by atoms with Gasteiger partial charge in [-0.15, -0.1) is 0 Å². The van der Waals surface area contributed by atoms with Crippen molar-refractivity contribution in [3.05, 3.63) is 34.4 Å². The summed E-state index contributed by atoms with van der Waals surface area (Å²) >= 11 is 0. The lowest BCUT2D eigenvalue weighted by Crippen LogP contribution is -1.95. The van der Waals surface area contributed by atoms with Crippen LogP contribution in [0.2, 0.25) is 0 Å². The fourth-order valence-electron chi connectivity index (χ4n) is 0.966. The Kier molecular flexibility index (Phi) is 3.37. The van der Waals surface area contributed by atoms with Gasteiger partial charge in [-0.25, -0.2) is 8.78 Å². The van der Waals surface area contributed by atoms with Crippen LogP contribution in [0.1, 0.15) is 24.1 Å². The van der Waals surface area contributed by atoms with Gasteiger partial charge in [0.05, 0.1) is 0 Å². The van der Waals surface area contributed by atoms with Crippen LogP contribution in [0.5, 0.6) is 0 Å². The molecule has 0 saturated heterocycles. The Morgan fingerprint density at radius 3 is 2.00 bits per heavy atom. The van der Waals surface area contributed by atoms with Gasteiger partial charge in [0.2, 0.25) is 0 Å². The second-order valence-corrected chi connectivity index (χ2v) is 2.74. The van der Waals surface area contributed by atoms with E-state index in [2.05, 4.69) is 0 Å². The largest absolute Gasteiger partial charge is 0.207 e. The van der Waals surface area contributed by atoms with Crippen molar-refractivity contribution in [3.63, 3.8) is 0 Å². The van der Waals surface area contributed by atoms with Gasteiger partial charge in [-0.1, -0.05) is 7.43 Å². The third-order valence-electron chi connectivity index (χ3n) is 1.95. The highest BCUT2D eigenvalue weighted by Crippen LogP contribution is 2.18. The molecule has 2 heteroatoms. The van der Waals surface area contributed by atoms with Crippen molar-refractivity contribution in [1.82, 2.24) is 0 Å². The maximum Gasteiger partial charge on any atom is 0.132 e. The lowest BCUT2D eigenvalue weighted by atomic mass is 10.1. The monoisotopic (exact) mass is 172 g/mol. The molecule has 0 radical (unpaired) electrons. The molecule has 0 saturated carbocycles. The maximum atomic E-state index is 13.0. The second kappa shape index (κ2) is 3.65. The Balaban J connectivity index is 0.00000121. The van der Waals surface area contributed by atoms with E-state index in [4.69, 9.17) is 0 Å². The van der Waals surface area contributed by atoms with Crippen molar-refractivity contribution in [1.29, 1.82) is 0 Å². The minimum absolute atomic E-state index is 0. The number of halogens is 2. The van der Waals surface area contributed by atoms with Crippen molar-refractivity contribution < 1.29 is 8.78 Å². The van der Waals surface area contributed by atoms with Crippen LogP contribution in [-0.4, -0.2) is 0 Å². The van der Waals surface area contributed by atoms with Crippen molar-refractivity contribution in [3.8, 4) is 0 Å². The summed E-state index contributed by atoms with van der Waals surface area (Å²) in [7, 11) is 0. The van der Waals surface area contributed by atoms with Crippen LogP contribution in [0.4, 0.5) is 8.78 Å². The van der Waals surface area contributed by atoms with E-state index in [0.29, 0.717) is 11.1 Å². The molecule has 0 atom stereocenters. The smallest absolute Gasteiger partial charge is 0.132 e. The van der Waals surface area contributed by atoms with Crippen LogP contribution in [0.25, 0.3) is 0 Å². The first-order chi connectivity index (χ1) is 5.04. The molecule has 0 nitrogen and oxygen atoms in total. The highest BCUT2D eigenvalue weighted by Gasteiger charge is 2.08. The second-order valence-electron chi connectivity index (χ2n) is 2.74. The summed E-state index contributed by atoms with van der Waals surface area (Å²) in [4.78, 5) is 0. The average molecular weight is 172 g/mol. The van der Waals surface area contributed by atoms with Crippen molar-refractivity contribution in [2.75, 3.05) is 0 Å². The molecule has 12 heavy (non-hydrogen) atoms. The Labute approximate surface area is 72.2 Å². The predicted molar refractivity (Wildman–Crippen MR) is 47.3 cm³/mol. The molecule has 68 valence electrons. The Morgan fingerprint density at radius 2 is 1.50 bits per heavy atom. The molecule has 1 rings (SSSR count). The number of aryl methyl sites for hydroxylation is 1. The van der Waals surface area contributed by atoms with Gasteiger partial charge in [0, 0.05) is 5.56 Å². The van der Waals surface area contributed by atoms with E-state index < -0.39 is 11.6 Å². The molecule has 0 unspecified atom stereocenters. The molecular formula is C10H14F2. The molecule has 0 aliphatic heterocycles. The van der Waals surface area contributed by atoms with Crippen molar-refractivity contribution >= 4 is 0 Å². The highest BCUT2D eigenvalue weighted by atomic mass is 19.1. The highest BCUT2D eigenvalue weighted by molar-refractivity contribution is 5.32. The van der Waals surface area contributed by atoms with Crippen molar-refractivity contribution in [2.45, 2.75) is 28.2 Å². The Bertz CT molecular complexity index is 264. The first-order valence-electron chi connectivity index (χ1n) is 3.46. The molecule has 1 aromatic rings. The van der Waals surface area contributed by atoms with E-state index in [1.807, 2.05) is 0 Å². The Hall–Kier alpha value is -0.920. The first-order valence-corrected chi connectivity index (χ1v) is 3.46. The molecule has 0 spiro atoms. The van der Waals surface area contributed by atoms with Crippen LogP contribution >= 0.6 is 0 Å². The summed E-state index contributed by atoms with van der Waals surface area (Å²) in [6, 6.07) is 1.35. The SMILES string of the molecule is C.Cc1cc(F)c(C)c(F)c1C. The van der Waals surface area contributed by atoms with Gasteiger partial charge in [0.25, 0.3) is 0 Å². The Morgan fingerprint density at radius 1 is 1.00 bits per heavy atom. The van der Waals surface area contributed by atoms with Crippen LogP contribution in [0, 0.1) is 32.4 Å². The molecule has 0 N–H and O–H groups in total. The van der Waals surface area contributed by atoms with Gasteiger partial charge in [-0.2, -0.15) is 0 Å².